The maximum atomic E-state index is 13.9. The molecule has 0 unspecified atom stereocenters. The van der Waals surface area contributed by atoms with Gasteiger partial charge in [0.25, 0.3) is 5.89 Å². The summed E-state index contributed by atoms with van der Waals surface area (Å²) in [6, 6.07) is 17.9. The minimum absolute atomic E-state index is 0.0240. The van der Waals surface area contributed by atoms with Crippen LogP contribution >= 0.6 is 0 Å². The average Bonchev–Trinajstić information content (AvgIpc) is 3.29. The molecule has 0 radical (unpaired) electrons. The monoisotopic (exact) mass is 467 g/mol. The Balaban J connectivity index is 1.61. The van der Waals surface area contributed by atoms with Crippen LogP contribution in [0.25, 0.3) is 34.0 Å². The molecule has 34 heavy (non-hydrogen) atoms. The van der Waals surface area contributed by atoms with Gasteiger partial charge in [-0.2, -0.15) is 18.2 Å². The lowest BCUT2D eigenvalue weighted by atomic mass is 9.94. The molecule has 0 spiro atoms. The average molecular weight is 467 g/mol. The number of alkyl halides is 3. The van der Waals surface area contributed by atoms with Crippen LogP contribution in [0.3, 0.4) is 0 Å². The van der Waals surface area contributed by atoms with Gasteiger partial charge in [0.1, 0.15) is 0 Å². The van der Waals surface area contributed by atoms with Crippen LogP contribution in [-0.4, -0.2) is 27.8 Å². The Morgan fingerprint density at radius 1 is 1.00 bits per heavy atom. The molecule has 4 rings (SSSR count). The molecule has 9 heteroatoms. The van der Waals surface area contributed by atoms with Crippen molar-refractivity contribution in [3.05, 3.63) is 83.4 Å². The Labute approximate surface area is 193 Å². The third-order valence-corrected chi connectivity index (χ3v) is 5.25. The van der Waals surface area contributed by atoms with E-state index in [0.29, 0.717) is 17.7 Å². The Morgan fingerprint density at radius 3 is 2.38 bits per heavy atom. The highest BCUT2D eigenvalue weighted by Gasteiger charge is 2.34. The zero-order valence-corrected chi connectivity index (χ0v) is 18.1. The molecule has 0 saturated carbocycles. The van der Waals surface area contributed by atoms with Crippen molar-refractivity contribution in [2.24, 2.45) is 0 Å². The van der Waals surface area contributed by atoms with Crippen LogP contribution in [0.2, 0.25) is 0 Å². The largest absolute Gasteiger partial charge is 0.480 e. The van der Waals surface area contributed by atoms with E-state index in [1.807, 2.05) is 0 Å². The highest BCUT2D eigenvalue weighted by Crippen LogP contribution is 2.40. The zero-order chi connectivity index (χ0) is 24.3. The van der Waals surface area contributed by atoms with Crippen LogP contribution in [0.1, 0.15) is 16.7 Å². The second-order valence-electron chi connectivity index (χ2n) is 7.69. The first-order valence-electron chi connectivity index (χ1n) is 10.4. The second kappa shape index (κ2) is 9.48. The molecule has 0 bridgehead atoms. The Bertz CT molecular complexity index is 1310. The SMILES string of the molecule is Cc1ccccc1-c1ccc(-c2nc(-c3ccc(CNCC(=O)O)cc3)no2)cc1C(F)(F)F. The van der Waals surface area contributed by atoms with Crippen molar-refractivity contribution in [1.82, 2.24) is 15.5 Å². The summed E-state index contributed by atoms with van der Waals surface area (Å²) in [6.07, 6.45) is -4.57. The van der Waals surface area contributed by atoms with E-state index in [0.717, 1.165) is 17.2 Å². The molecule has 4 aromatic rings. The predicted octanol–water partition coefficient (Wildman–Crippen LogP) is 5.57. The van der Waals surface area contributed by atoms with Crippen molar-refractivity contribution in [3.63, 3.8) is 0 Å². The maximum Gasteiger partial charge on any atom is 0.417 e. The quantitative estimate of drug-likeness (QED) is 0.369. The number of halogens is 3. The first-order chi connectivity index (χ1) is 16.2. The summed E-state index contributed by atoms with van der Waals surface area (Å²) in [7, 11) is 0. The molecule has 2 N–H and O–H groups in total. The molecule has 174 valence electrons. The minimum Gasteiger partial charge on any atom is -0.480 e. The molecule has 0 fully saturated rings. The van der Waals surface area contributed by atoms with Crippen molar-refractivity contribution >= 4 is 5.97 Å². The lowest BCUT2D eigenvalue weighted by Gasteiger charge is -2.15. The Kier molecular flexibility index (Phi) is 6.47. The van der Waals surface area contributed by atoms with E-state index in [-0.39, 0.29) is 29.4 Å². The molecule has 0 amide bonds. The highest BCUT2D eigenvalue weighted by atomic mass is 19.4. The molecular formula is C25H20F3N3O3. The molecule has 1 aromatic heterocycles. The van der Waals surface area contributed by atoms with E-state index in [2.05, 4.69) is 15.5 Å². The summed E-state index contributed by atoms with van der Waals surface area (Å²) >= 11 is 0. The topological polar surface area (TPSA) is 88.2 Å². The molecular weight excluding hydrogens is 447 g/mol. The zero-order valence-electron chi connectivity index (χ0n) is 18.1. The Morgan fingerprint density at radius 2 is 1.71 bits per heavy atom. The molecule has 1 heterocycles. The first kappa shape index (κ1) is 23.2. The standard InChI is InChI=1S/C25H20F3N3O3/c1-15-4-2-3-5-19(15)20-11-10-18(12-21(20)25(26,27)28)24-30-23(31-34-24)17-8-6-16(7-9-17)13-29-14-22(32)33/h2-12,29H,13-14H2,1H3,(H,32,33). The number of aliphatic carboxylic acids is 1. The van der Waals surface area contributed by atoms with Crippen LogP contribution in [0.15, 0.2) is 71.3 Å². The fourth-order valence-electron chi connectivity index (χ4n) is 3.57. The summed E-state index contributed by atoms with van der Waals surface area (Å²) in [5.41, 5.74) is 2.18. The second-order valence-corrected chi connectivity index (χ2v) is 7.69. The normalized spacial score (nSPS) is 11.5. The van der Waals surface area contributed by atoms with Gasteiger partial charge in [-0.25, -0.2) is 0 Å². The first-order valence-corrected chi connectivity index (χ1v) is 10.4. The van der Waals surface area contributed by atoms with Gasteiger partial charge in [-0.3, -0.25) is 4.79 Å². The summed E-state index contributed by atoms with van der Waals surface area (Å²) in [5, 5.41) is 15.4. The van der Waals surface area contributed by atoms with E-state index in [4.69, 9.17) is 9.63 Å². The van der Waals surface area contributed by atoms with Crippen LogP contribution < -0.4 is 5.32 Å². The molecule has 0 atom stereocenters. The number of carbonyl (C=O) groups is 1. The van der Waals surface area contributed by atoms with Crippen LogP contribution in [0, 0.1) is 6.92 Å². The summed E-state index contributed by atoms with van der Waals surface area (Å²) in [4.78, 5) is 14.8. The maximum absolute atomic E-state index is 13.9. The van der Waals surface area contributed by atoms with Gasteiger partial charge in [0.2, 0.25) is 5.82 Å². The van der Waals surface area contributed by atoms with Gasteiger partial charge < -0.3 is 14.9 Å². The predicted molar refractivity (Wildman–Crippen MR) is 120 cm³/mol. The van der Waals surface area contributed by atoms with Gasteiger partial charge in [-0.1, -0.05) is 59.8 Å². The smallest absolute Gasteiger partial charge is 0.417 e. The van der Waals surface area contributed by atoms with Gasteiger partial charge in [0.05, 0.1) is 12.1 Å². The van der Waals surface area contributed by atoms with Crippen LogP contribution in [0.5, 0.6) is 0 Å². The lowest BCUT2D eigenvalue weighted by molar-refractivity contribution is -0.137. The molecule has 6 nitrogen and oxygen atoms in total. The van der Waals surface area contributed by atoms with E-state index < -0.39 is 17.7 Å². The van der Waals surface area contributed by atoms with Gasteiger partial charge >= 0.3 is 12.1 Å². The van der Waals surface area contributed by atoms with Gasteiger partial charge in [0.15, 0.2) is 0 Å². The van der Waals surface area contributed by atoms with Crippen molar-refractivity contribution in [3.8, 4) is 34.0 Å². The van der Waals surface area contributed by atoms with Crippen molar-refractivity contribution in [1.29, 1.82) is 0 Å². The number of aryl methyl sites for hydroxylation is 1. The van der Waals surface area contributed by atoms with Crippen molar-refractivity contribution in [2.45, 2.75) is 19.6 Å². The number of nitrogens with one attached hydrogen (secondary N) is 1. The highest BCUT2D eigenvalue weighted by molar-refractivity contribution is 5.74. The summed E-state index contributed by atoms with van der Waals surface area (Å²) in [6.45, 7) is 1.98. The van der Waals surface area contributed by atoms with Crippen molar-refractivity contribution in [2.75, 3.05) is 6.54 Å². The minimum atomic E-state index is -4.57. The number of rotatable bonds is 7. The lowest BCUT2D eigenvalue weighted by Crippen LogP contribution is -2.21. The molecule has 3 aromatic carbocycles. The molecule has 0 aliphatic rings. The number of carboxylic acid groups (broad SMARTS) is 1. The molecule has 0 saturated heterocycles. The molecule has 0 aliphatic heterocycles. The fraction of sp³-hybridized carbons (Fsp3) is 0.160. The number of benzene rings is 3. The third-order valence-electron chi connectivity index (χ3n) is 5.25. The number of nitrogens with zero attached hydrogens (tertiary/aromatic N) is 2. The number of carboxylic acids is 1. The number of hydrogen-bond acceptors (Lipinski definition) is 5. The van der Waals surface area contributed by atoms with Crippen LogP contribution in [0.4, 0.5) is 13.2 Å². The van der Waals surface area contributed by atoms with E-state index >= 15 is 0 Å². The van der Waals surface area contributed by atoms with Gasteiger partial charge in [-0.05, 0) is 41.3 Å². The summed E-state index contributed by atoms with van der Waals surface area (Å²) < 4.78 is 47.0. The fourth-order valence-corrected chi connectivity index (χ4v) is 3.57. The summed E-state index contributed by atoms with van der Waals surface area (Å²) in [5.74, 6) is -0.739. The van der Waals surface area contributed by atoms with Gasteiger partial charge in [-0.15, -0.1) is 0 Å². The third kappa shape index (κ3) is 5.15. The van der Waals surface area contributed by atoms with E-state index in [9.17, 15) is 18.0 Å². The van der Waals surface area contributed by atoms with Crippen molar-refractivity contribution < 1.29 is 27.6 Å². The van der Waals surface area contributed by atoms with Crippen LogP contribution in [-0.2, 0) is 17.5 Å². The number of aromatic nitrogens is 2. The molecule has 0 aliphatic carbocycles. The Hall–Kier alpha value is -3.98. The van der Waals surface area contributed by atoms with Gasteiger partial charge in [0, 0.05) is 17.7 Å². The van der Waals surface area contributed by atoms with E-state index in [1.165, 1.54) is 12.1 Å². The number of hydrogen-bond donors (Lipinski definition) is 2. The van der Waals surface area contributed by atoms with E-state index in [1.54, 1.807) is 55.5 Å².